The minimum Gasteiger partial charge on any atom is -0.480 e. The van der Waals surface area contributed by atoms with Crippen LogP contribution in [0.25, 0.3) is 11.1 Å². The number of carboxylic acids is 1. The van der Waals surface area contributed by atoms with Crippen molar-refractivity contribution in [1.82, 2.24) is 4.90 Å². The third-order valence-electron chi connectivity index (χ3n) is 6.26. The minimum absolute atomic E-state index is 0.0981. The fraction of sp³-hybridized carbons (Fsp3) is 0.259. The molecule has 0 radical (unpaired) electrons. The molecule has 0 aliphatic heterocycles. The molecule has 4 rings (SSSR count). The molecule has 1 atom stereocenters. The number of carbonyl (C=O) groups is 2. The normalized spacial score (nSPS) is 13.2. The first-order valence-electron chi connectivity index (χ1n) is 11.0. The van der Waals surface area contributed by atoms with Gasteiger partial charge in [-0.15, -0.1) is 0 Å². The van der Waals surface area contributed by atoms with Crippen molar-refractivity contribution in [2.45, 2.75) is 31.2 Å². The van der Waals surface area contributed by atoms with Crippen molar-refractivity contribution in [3.63, 3.8) is 0 Å². The molecule has 1 N–H and O–H groups in total. The van der Waals surface area contributed by atoms with E-state index in [4.69, 9.17) is 4.74 Å². The number of benzene rings is 3. The molecular formula is C27H26FNO4. The molecule has 1 aliphatic rings. The van der Waals surface area contributed by atoms with Gasteiger partial charge in [0.05, 0.1) is 0 Å². The van der Waals surface area contributed by atoms with E-state index in [1.807, 2.05) is 36.4 Å². The van der Waals surface area contributed by atoms with Gasteiger partial charge in [-0.1, -0.05) is 66.7 Å². The molecule has 0 aromatic heterocycles. The summed E-state index contributed by atoms with van der Waals surface area (Å²) >= 11 is 0. The standard InChI is InChI=1S/C27H26FNO4/c1-29(25(26(30)31)16-8-10-18-9-2-7-15-24(18)28)27(32)33-17-23-21-13-5-3-11-19(21)20-12-4-6-14-22(20)23/h2-7,9,11-15,23,25H,8,10,16-17H2,1H3,(H,30,31)/t25-/m0/s1. The number of amides is 1. The van der Waals surface area contributed by atoms with Crippen LogP contribution >= 0.6 is 0 Å². The Morgan fingerprint density at radius 2 is 1.55 bits per heavy atom. The van der Waals surface area contributed by atoms with Crippen molar-refractivity contribution in [3.8, 4) is 11.1 Å². The van der Waals surface area contributed by atoms with E-state index in [1.54, 1.807) is 18.2 Å². The van der Waals surface area contributed by atoms with Gasteiger partial charge in [-0.3, -0.25) is 4.90 Å². The second-order valence-corrected chi connectivity index (χ2v) is 8.25. The van der Waals surface area contributed by atoms with E-state index in [0.717, 1.165) is 27.2 Å². The SMILES string of the molecule is CN(C(=O)OCC1c2ccccc2-c2ccccc21)[C@@H](CCCc1ccccc1F)C(=O)O. The van der Waals surface area contributed by atoms with E-state index in [9.17, 15) is 19.1 Å². The van der Waals surface area contributed by atoms with Gasteiger partial charge in [0.25, 0.3) is 0 Å². The second kappa shape index (κ2) is 9.86. The Morgan fingerprint density at radius 3 is 2.15 bits per heavy atom. The summed E-state index contributed by atoms with van der Waals surface area (Å²) in [4.78, 5) is 25.7. The topological polar surface area (TPSA) is 66.8 Å². The quantitative estimate of drug-likeness (QED) is 0.496. The van der Waals surface area contributed by atoms with E-state index in [2.05, 4.69) is 12.1 Å². The van der Waals surface area contributed by atoms with Crippen molar-refractivity contribution < 1.29 is 23.8 Å². The van der Waals surface area contributed by atoms with Crippen LogP contribution in [0.15, 0.2) is 72.8 Å². The number of likely N-dealkylation sites (N-methyl/N-ethyl adjacent to an activating group) is 1. The maximum absolute atomic E-state index is 13.8. The predicted octanol–water partition coefficient (Wildman–Crippen LogP) is 5.48. The number of hydrogen-bond acceptors (Lipinski definition) is 3. The predicted molar refractivity (Wildman–Crippen MR) is 124 cm³/mol. The molecule has 3 aromatic rings. The lowest BCUT2D eigenvalue weighted by molar-refractivity contribution is -0.142. The zero-order valence-electron chi connectivity index (χ0n) is 18.4. The second-order valence-electron chi connectivity index (χ2n) is 8.25. The van der Waals surface area contributed by atoms with E-state index in [0.29, 0.717) is 18.4 Å². The summed E-state index contributed by atoms with van der Waals surface area (Å²) in [6.45, 7) is 0.124. The van der Waals surface area contributed by atoms with Crippen LogP contribution in [0.1, 0.15) is 35.4 Å². The van der Waals surface area contributed by atoms with Crippen LogP contribution in [0.2, 0.25) is 0 Å². The minimum atomic E-state index is -1.11. The first-order chi connectivity index (χ1) is 16.0. The van der Waals surface area contributed by atoms with Gasteiger partial charge in [-0.2, -0.15) is 0 Å². The van der Waals surface area contributed by atoms with E-state index < -0.39 is 18.1 Å². The average molecular weight is 448 g/mol. The van der Waals surface area contributed by atoms with Gasteiger partial charge in [0.1, 0.15) is 18.5 Å². The summed E-state index contributed by atoms with van der Waals surface area (Å²) in [5, 5.41) is 9.66. The number of aliphatic carboxylic acids is 1. The zero-order chi connectivity index (χ0) is 23.4. The summed E-state index contributed by atoms with van der Waals surface area (Å²) < 4.78 is 19.4. The lowest BCUT2D eigenvalue weighted by Crippen LogP contribution is -2.43. The Labute approximate surface area is 192 Å². The van der Waals surface area contributed by atoms with Crippen LogP contribution in [-0.2, 0) is 16.0 Å². The van der Waals surface area contributed by atoms with Gasteiger partial charge in [-0.05, 0) is 53.1 Å². The highest BCUT2D eigenvalue weighted by atomic mass is 19.1. The Morgan fingerprint density at radius 1 is 0.970 bits per heavy atom. The first kappa shape index (κ1) is 22.5. The van der Waals surface area contributed by atoms with Gasteiger partial charge in [0.15, 0.2) is 0 Å². The number of fused-ring (bicyclic) bond motifs is 3. The fourth-order valence-corrected chi connectivity index (χ4v) is 4.49. The number of nitrogens with zero attached hydrogens (tertiary/aromatic N) is 1. The number of aryl methyl sites for hydroxylation is 1. The summed E-state index contributed by atoms with van der Waals surface area (Å²) in [6, 6.07) is 21.4. The molecule has 1 amide bonds. The van der Waals surface area contributed by atoms with Gasteiger partial charge in [-0.25, -0.2) is 14.0 Å². The molecule has 6 heteroatoms. The van der Waals surface area contributed by atoms with Crippen LogP contribution in [-0.4, -0.2) is 41.8 Å². The van der Waals surface area contributed by atoms with Crippen molar-refractivity contribution in [2.75, 3.05) is 13.7 Å². The van der Waals surface area contributed by atoms with Crippen molar-refractivity contribution in [3.05, 3.63) is 95.3 Å². The van der Waals surface area contributed by atoms with Crippen molar-refractivity contribution >= 4 is 12.1 Å². The molecule has 3 aromatic carbocycles. The molecule has 0 bridgehead atoms. The molecule has 0 fully saturated rings. The fourth-order valence-electron chi connectivity index (χ4n) is 4.49. The van der Waals surface area contributed by atoms with E-state index >= 15 is 0 Å². The summed E-state index contributed by atoms with van der Waals surface area (Å²) in [6.07, 6.45) is 0.341. The number of rotatable bonds is 8. The molecule has 0 unspecified atom stereocenters. The van der Waals surface area contributed by atoms with Crippen LogP contribution < -0.4 is 0 Å². The Hall–Kier alpha value is -3.67. The Balaban J connectivity index is 1.39. The van der Waals surface area contributed by atoms with Crippen molar-refractivity contribution in [2.24, 2.45) is 0 Å². The largest absolute Gasteiger partial charge is 0.480 e. The highest BCUT2D eigenvalue weighted by Gasteiger charge is 2.31. The zero-order valence-corrected chi connectivity index (χ0v) is 18.4. The molecule has 0 heterocycles. The van der Waals surface area contributed by atoms with Crippen LogP contribution in [0.4, 0.5) is 9.18 Å². The number of ether oxygens (including phenoxy) is 1. The van der Waals surface area contributed by atoms with Crippen molar-refractivity contribution in [1.29, 1.82) is 0 Å². The summed E-state index contributed by atoms with van der Waals surface area (Å²) in [7, 11) is 1.43. The smallest absolute Gasteiger partial charge is 0.410 e. The molecule has 0 spiro atoms. The van der Waals surface area contributed by atoms with Crippen LogP contribution in [0, 0.1) is 5.82 Å². The van der Waals surface area contributed by atoms with E-state index in [1.165, 1.54) is 13.1 Å². The highest BCUT2D eigenvalue weighted by Crippen LogP contribution is 2.44. The molecule has 5 nitrogen and oxygen atoms in total. The molecule has 0 saturated heterocycles. The maximum atomic E-state index is 13.8. The summed E-state index contributed by atoms with van der Waals surface area (Å²) in [5.74, 6) is -1.52. The molecule has 0 saturated carbocycles. The number of hydrogen-bond donors (Lipinski definition) is 1. The molecule has 1 aliphatic carbocycles. The van der Waals surface area contributed by atoms with Gasteiger partial charge in [0, 0.05) is 13.0 Å². The van der Waals surface area contributed by atoms with Gasteiger partial charge >= 0.3 is 12.1 Å². The van der Waals surface area contributed by atoms with Crippen LogP contribution in [0.3, 0.4) is 0 Å². The van der Waals surface area contributed by atoms with Gasteiger partial charge in [0.2, 0.25) is 0 Å². The Bertz CT molecular complexity index is 1120. The summed E-state index contributed by atoms with van der Waals surface area (Å²) in [5.41, 5.74) is 4.96. The molecule has 33 heavy (non-hydrogen) atoms. The molecule has 170 valence electrons. The number of halogens is 1. The number of carbonyl (C=O) groups excluding carboxylic acids is 1. The lowest BCUT2D eigenvalue weighted by atomic mass is 9.98. The van der Waals surface area contributed by atoms with Gasteiger partial charge < -0.3 is 9.84 Å². The first-order valence-corrected chi connectivity index (χ1v) is 11.0. The maximum Gasteiger partial charge on any atom is 0.410 e. The molecular weight excluding hydrogens is 421 g/mol. The third-order valence-corrected chi connectivity index (χ3v) is 6.26. The third kappa shape index (κ3) is 4.75. The lowest BCUT2D eigenvalue weighted by Gasteiger charge is -2.25. The number of carboxylic acid groups (broad SMARTS) is 1. The van der Waals surface area contributed by atoms with E-state index in [-0.39, 0.29) is 24.8 Å². The Kier molecular flexibility index (Phi) is 6.73. The monoisotopic (exact) mass is 447 g/mol. The van der Waals surface area contributed by atoms with Crippen LogP contribution in [0.5, 0.6) is 0 Å². The highest BCUT2D eigenvalue weighted by molar-refractivity contribution is 5.81. The average Bonchev–Trinajstić information content (AvgIpc) is 3.14.